The fourth-order valence-corrected chi connectivity index (χ4v) is 5.00. The van der Waals surface area contributed by atoms with Gasteiger partial charge in [-0.15, -0.1) is 0 Å². The molecule has 0 unspecified atom stereocenters. The molecule has 2 saturated carbocycles. The van der Waals surface area contributed by atoms with Gasteiger partial charge < -0.3 is 15.4 Å². The Hall–Kier alpha value is -1.63. The summed E-state index contributed by atoms with van der Waals surface area (Å²) in [5, 5.41) is 15.1. The Balaban J connectivity index is 1.32. The number of aliphatic hydroxyl groups excluding tert-OH is 1. The van der Waals surface area contributed by atoms with E-state index in [0.29, 0.717) is 12.0 Å². The molecule has 2 fully saturated rings. The normalized spacial score (nSPS) is 33.1. The van der Waals surface area contributed by atoms with E-state index in [1.807, 2.05) is 6.20 Å². The second kappa shape index (κ2) is 8.17. The number of hydrogen-bond donors (Lipinski definition) is 4. The number of allylic oxidation sites excluding steroid dienone is 1. The molecule has 3 aliphatic rings. The van der Waals surface area contributed by atoms with Crippen LogP contribution >= 0.6 is 0 Å². The van der Waals surface area contributed by atoms with Crippen LogP contribution in [-0.4, -0.2) is 40.1 Å². The lowest BCUT2D eigenvalue weighted by Gasteiger charge is -2.34. The van der Waals surface area contributed by atoms with E-state index in [2.05, 4.69) is 28.3 Å². The van der Waals surface area contributed by atoms with Gasteiger partial charge in [0.2, 0.25) is 0 Å². The predicted molar refractivity (Wildman–Crippen MR) is 109 cm³/mol. The van der Waals surface area contributed by atoms with E-state index >= 15 is 0 Å². The zero-order valence-corrected chi connectivity index (χ0v) is 16.3. The summed E-state index contributed by atoms with van der Waals surface area (Å²) in [6, 6.07) is 2.68. The quantitative estimate of drug-likeness (QED) is 0.612. The Morgan fingerprint density at radius 1 is 1.22 bits per heavy atom. The molecule has 0 radical (unpaired) electrons. The third kappa shape index (κ3) is 4.13. The Kier molecular flexibility index (Phi) is 5.66. The van der Waals surface area contributed by atoms with Gasteiger partial charge in [-0.2, -0.15) is 0 Å². The fraction of sp³-hybridized carbons (Fsp3) is 0.667. The number of aromatic nitrogens is 1. The van der Waals surface area contributed by atoms with Crippen LogP contribution in [0.5, 0.6) is 0 Å². The Morgan fingerprint density at radius 3 is 2.70 bits per heavy atom. The third-order valence-corrected chi connectivity index (χ3v) is 6.77. The number of hydrogen-bond acceptors (Lipinski definition) is 5. The maximum atomic E-state index is 9.64. The van der Waals surface area contributed by atoms with Gasteiger partial charge in [-0.3, -0.25) is 5.01 Å². The Bertz CT molecular complexity index is 693. The second-order valence-electron chi connectivity index (χ2n) is 8.55. The van der Waals surface area contributed by atoms with Gasteiger partial charge in [0.05, 0.1) is 11.8 Å². The lowest BCUT2D eigenvalue weighted by Crippen LogP contribution is -2.38. The molecule has 2 heterocycles. The maximum Gasteiger partial charge on any atom is 0.141 e. The Labute approximate surface area is 161 Å². The molecule has 0 atom stereocenters. The number of nitrogens with two attached hydrogens (primary N) is 1. The monoisotopic (exact) mass is 371 g/mol. The highest BCUT2D eigenvalue weighted by atomic mass is 16.3. The van der Waals surface area contributed by atoms with Gasteiger partial charge in [-0.05, 0) is 88.3 Å². The minimum atomic E-state index is -0.0676. The summed E-state index contributed by atoms with van der Waals surface area (Å²) in [5.74, 6) is 8.49. The predicted octanol–water partition coefficient (Wildman–Crippen LogP) is 3.29. The van der Waals surface area contributed by atoms with Crippen molar-refractivity contribution in [3.8, 4) is 0 Å². The second-order valence-corrected chi connectivity index (χ2v) is 8.55. The minimum Gasteiger partial charge on any atom is -0.393 e. The van der Waals surface area contributed by atoms with Crippen LogP contribution in [-0.2, 0) is 0 Å². The number of hydrazine groups is 1. The molecule has 0 saturated heterocycles. The van der Waals surface area contributed by atoms with Crippen LogP contribution in [0.3, 0.4) is 0 Å². The lowest BCUT2D eigenvalue weighted by molar-refractivity contribution is 0.115. The zero-order chi connectivity index (χ0) is 18.8. The molecule has 0 aromatic carbocycles. The summed E-state index contributed by atoms with van der Waals surface area (Å²) in [4.78, 5) is 7.54. The summed E-state index contributed by atoms with van der Waals surface area (Å²) >= 11 is 0. The van der Waals surface area contributed by atoms with Crippen molar-refractivity contribution in [1.29, 1.82) is 0 Å². The van der Waals surface area contributed by atoms with E-state index in [4.69, 9.17) is 5.84 Å². The van der Waals surface area contributed by atoms with Gasteiger partial charge in [0, 0.05) is 17.8 Å². The summed E-state index contributed by atoms with van der Waals surface area (Å²) in [7, 11) is 0. The summed E-state index contributed by atoms with van der Waals surface area (Å²) < 4.78 is 0. The van der Waals surface area contributed by atoms with Crippen LogP contribution in [0.15, 0.2) is 22.8 Å². The lowest BCUT2D eigenvalue weighted by atomic mass is 9.77. The molecule has 1 aromatic rings. The highest BCUT2D eigenvalue weighted by Crippen LogP contribution is 2.39. The van der Waals surface area contributed by atoms with Crippen LogP contribution < -0.4 is 11.2 Å². The number of H-pyrrole nitrogens is 1. The summed E-state index contributed by atoms with van der Waals surface area (Å²) in [6.07, 6.45) is 12.7. The molecule has 6 nitrogen and oxygen atoms in total. The number of nitrogens with one attached hydrogen (secondary N) is 2. The third-order valence-electron chi connectivity index (χ3n) is 6.77. The molecule has 0 amide bonds. The van der Waals surface area contributed by atoms with E-state index in [0.717, 1.165) is 55.2 Å². The number of aliphatic imine (C=N–C) groups is 1. The SMILES string of the molecule is C/C(=C1/c2cc[nH]c2N=CN1N)[C@H]1CC[C@H](CN[C@H]2CC[C@H](O)CC2)CC1. The van der Waals surface area contributed by atoms with Crippen LogP contribution in [0.2, 0.25) is 0 Å². The first-order valence-electron chi connectivity index (χ1n) is 10.5. The molecule has 1 aromatic heterocycles. The van der Waals surface area contributed by atoms with Crippen LogP contribution in [0.4, 0.5) is 5.82 Å². The van der Waals surface area contributed by atoms with E-state index in [1.165, 1.54) is 31.3 Å². The molecule has 2 aliphatic carbocycles. The summed E-state index contributed by atoms with van der Waals surface area (Å²) in [5.41, 5.74) is 3.61. The van der Waals surface area contributed by atoms with Crippen LogP contribution in [0.1, 0.15) is 63.9 Å². The average molecular weight is 372 g/mol. The standard InChI is InChI=1S/C21H33N5O/c1-14(20-19-10-11-23-21(19)25-13-26(20)22)16-4-2-15(3-5-16)12-24-17-6-8-18(27)9-7-17/h10-11,13,15-18,23-24,27H,2-9,12,22H2,1H3/b20-14+/t15-,16-,17-,18-. The molecule has 27 heavy (non-hydrogen) atoms. The zero-order valence-electron chi connectivity index (χ0n) is 16.3. The van der Waals surface area contributed by atoms with Gasteiger partial charge in [0.25, 0.3) is 0 Å². The molecular weight excluding hydrogens is 338 g/mol. The number of fused-ring (bicyclic) bond motifs is 1. The first kappa shape index (κ1) is 18.7. The van der Waals surface area contributed by atoms with Crippen LogP contribution in [0.25, 0.3) is 5.70 Å². The van der Waals surface area contributed by atoms with Crippen LogP contribution in [0, 0.1) is 11.8 Å². The highest BCUT2D eigenvalue weighted by Gasteiger charge is 2.28. The van der Waals surface area contributed by atoms with Crippen molar-refractivity contribution >= 4 is 17.9 Å². The fourth-order valence-electron chi connectivity index (χ4n) is 5.00. The highest BCUT2D eigenvalue weighted by molar-refractivity contribution is 5.86. The van der Waals surface area contributed by atoms with Crippen molar-refractivity contribution in [3.05, 3.63) is 23.4 Å². The average Bonchev–Trinajstić information content (AvgIpc) is 3.16. The summed E-state index contributed by atoms with van der Waals surface area (Å²) in [6.45, 7) is 3.36. The van der Waals surface area contributed by atoms with Gasteiger partial charge in [-0.25, -0.2) is 10.8 Å². The van der Waals surface area contributed by atoms with Gasteiger partial charge in [0.1, 0.15) is 12.2 Å². The molecule has 148 valence electrons. The van der Waals surface area contributed by atoms with Crippen molar-refractivity contribution in [3.63, 3.8) is 0 Å². The first-order valence-corrected chi connectivity index (χ1v) is 10.5. The molecule has 6 heteroatoms. The number of nitrogens with zero attached hydrogens (tertiary/aromatic N) is 2. The van der Waals surface area contributed by atoms with Gasteiger partial charge in [0.15, 0.2) is 0 Å². The molecular formula is C21H33N5O. The van der Waals surface area contributed by atoms with E-state index in [9.17, 15) is 5.11 Å². The molecule has 4 rings (SSSR count). The molecule has 0 bridgehead atoms. The van der Waals surface area contributed by atoms with Crippen molar-refractivity contribution in [2.45, 2.75) is 70.4 Å². The van der Waals surface area contributed by atoms with Gasteiger partial charge >= 0.3 is 0 Å². The van der Waals surface area contributed by atoms with Gasteiger partial charge in [-0.1, -0.05) is 0 Å². The smallest absolute Gasteiger partial charge is 0.141 e. The van der Waals surface area contributed by atoms with Crippen molar-refractivity contribution in [2.75, 3.05) is 6.54 Å². The van der Waals surface area contributed by atoms with Crippen molar-refractivity contribution in [2.24, 2.45) is 22.7 Å². The first-order chi connectivity index (χ1) is 13.1. The van der Waals surface area contributed by atoms with E-state index < -0.39 is 0 Å². The van der Waals surface area contributed by atoms with Crippen molar-refractivity contribution in [1.82, 2.24) is 15.3 Å². The maximum absolute atomic E-state index is 9.64. The largest absolute Gasteiger partial charge is 0.393 e. The topological polar surface area (TPSA) is 89.7 Å². The molecule has 1 aliphatic heterocycles. The Morgan fingerprint density at radius 2 is 1.96 bits per heavy atom. The van der Waals surface area contributed by atoms with Crippen molar-refractivity contribution < 1.29 is 5.11 Å². The van der Waals surface area contributed by atoms with E-state index in [1.54, 1.807) is 11.3 Å². The molecule has 5 N–H and O–H groups in total. The minimum absolute atomic E-state index is 0.0676. The number of aliphatic hydroxyl groups is 1. The molecule has 0 spiro atoms. The number of rotatable bonds is 4. The van der Waals surface area contributed by atoms with E-state index in [-0.39, 0.29) is 6.10 Å². The number of aromatic amines is 1.